The molecule has 0 atom stereocenters. The Morgan fingerprint density at radius 2 is 0.846 bits per heavy atom. The maximum atomic E-state index is 9.72. The second-order valence-electron chi connectivity index (χ2n) is 1.52. The van der Waals surface area contributed by atoms with Crippen molar-refractivity contribution in [3.8, 4) is 0 Å². The standard InChI is InChI=1S/C2H6O6S2.3Na/c3-9(4,5)1-2-10(6,7)8;;;/h1-2H2,(H,3,4,5)(H,6,7,8);;;/q;3*+1/p-2. The Balaban J connectivity index is -0.000000135. The maximum absolute atomic E-state index is 9.72. The monoisotopic (exact) mass is 257 g/mol. The molecule has 0 heterocycles. The summed E-state index contributed by atoms with van der Waals surface area (Å²) in [5.41, 5.74) is 0. The van der Waals surface area contributed by atoms with Crippen molar-refractivity contribution in [3.05, 3.63) is 0 Å². The summed E-state index contributed by atoms with van der Waals surface area (Å²) in [4.78, 5) is 0. The van der Waals surface area contributed by atoms with Crippen LogP contribution in [0.25, 0.3) is 0 Å². The van der Waals surface area contributed by atoms with Crippen LogP contribution in [0.1, 0.15) is 0 Å². The molecular formula is C2H4Na3O6S2+. The molecule has 62 valence electrons. The summed E-state index contributed by atoms with van der Waals surface area (Å²) in [6.07, 6.45) is 0. The van der Waals surface area contributed by atoms with Gasteiger partial charge < -0.3 is 9.11 Å². The minimum atomic E-state index is -4.59. The molecule has 0 rings (SSSR count). The van der Waals surface area contributed by atoms with Crippen LogP contribution in [-0.4, -0.2) is 37.4 Å². The van der Waals surface area contributed by atoms with Gasteiger partial charge in [-0.3, -0.25) is 0 Å². The molecule has 6 nitrogen and oxygen atoms in total. The van der Waals surface area contributed by atoms with Crippen molar-refractivity contribution in [2.45, 2.75) is 0 Å². The van der Waals surface area contributed by atoms with Gasteiger partial charge in [0.05, 0.1) is 31.7 Å². The van der Waals surface area contributed by atoms with Crippen molar-refractivity contribution in [3.63, 3.8) is 0 Å². The van der Waals surface area contributed by atoms with E-state index in [0.29, 0.717) is 0 Å². The van der Waals surface area contributed by atoms with Crippen LogP contribution in [0.3, 0.4) is 0 Å². The Kier molecular flexibility index (Phi) is 19.1. The summed E-state index contributed by atoms with van der Waals surface area (Å²) >= 11 is 0. The third-order valence-corrected chi connectivity index (χ3v) is 2.25. The van der Waals surface area contributed by atoms with Crippen molar-refractivity contribution in [2.75, 3.05) is 11.5 Å². The summed E-state index contributed by atoms with van der Waals surface area (Å²) in [7, 11) is -9.17. The van der Waals surface area contributed by atoms with Crippen LogP contribution in [0.15, 0.2) is 0 Å². The fourth-order valence-corrected chi connectivity index (χ4v) is 1.84. The molecule has 0 bridgehead atoms. The number of hydrogen-bond acceptors (Lipinski definition) is 6. The summed E-state index contributed by atoms with van der Waals surface area (Å²) in [5.74, 6) is -2.31. The zero-order valence-corrected chi connectivity index (χ0v) is 15.3. The Morgan fingerprint density at radius 3 is 0.923 bits per heavy atom. The van der Waals surface area contributed by atoms with Crippen LogP contribution in [0.2, 0.25) is 0 Å². The van der Waals surface area contributed by atoms with Gasteiger partial charge >= 0.3 is 88.7 Å². The Morgan fingerprint density at radius 1 is 0.692 bits per heavy atom. The molecule has 13 heavy (non-hydrogen) atoms. The Bertz CT molecular complexity index is 260. The van der Waals surface area contributed by atoms with Gasteiger partial charge in [0, 0.05) is 0 Å². The average Bonchev–Trinajstić information content (AvgIpc) is 1.57. The summed E-state index contributed by atoms with van der Waals surface area (Å²) < 4.78 is 58.3. The molecule has 0 aromatic rings. The van der Waals surface area contributed by atoms with E-state index in [9.17, 15) is 25.9 Å². The maximum Gasteiger partial charge on any atom is 1.00 e. The Labute approximate surface area is 144 Å². The van der Waals surface area contributed by atoms with E-state index in [1.165, 1.54) is 0 Å². The van der Waals surface area contributed by atoms with E-state index in [4.69, 9.17) is 0 Å². The Hall–Kier alpha value is 2.82. The topological polar surface area (TPSA) is 114 Å². The van der Waals surface area contributed by atoms with Gasteiger partial charge in [-0.1, -0.05) is 0 Å². The van der Waals surface area contributed by atoms with Crippen LogP contribution >= 0.6 is 0 Å². The predicted molar refractivity (Wildman–Crippen MR) is 29.1 cm³/mol. The molecule has 0 spiro atoms. The van der Waals surface area contributed by atoms with E-state index in [0.717, 1.165) is 0 Å². The summed E-state index contributed by atoms with van der Waals surface area (Å²) in [6, 6.07) is 0. The molecule has 0 fully saturated rings. The SMILES string of the molecule is O=S(=O)([O-])CCS(=O)(=O)[O-].[Na+].[Na+].[Na+]. The number of hydrogen-bond donors (Lipinski definition) is 0. The van der Waals surface area contributed by atoms with Crippen LogP contribution in [0.5, 0.6) is 0 Å². The normalized spacial score (nSPS) is 10.3. The molecule has 0 aliphatic heterocycles. The fraction of sp³-hybridized carbons (Fsp3) is 1.00. The molecule has 0 amide bonds. The first-order chi connectivity index (χ1) is 4.21. The largest absolute Gasteiger partial charge is 1.00 e. The van der Waals surface area contributed by atoms with Crippen LogP contribution in [0.4, 0.5) is 0 Å². The first-order valence-electron chi connectivity index (χ1n) is 2.08. The van der Waals surface area contributed by atoms with Crippen LogP contribution in [-0.2, 0) is 20.2 Å². The molecule has 0 unspecified atom stereocenters. The summed E-state index contributed by atoms with van der Waals surface area (Å²) in [5, 5.41) is 0. The zero-order valence-electron chi connectivity index (χ0n) is 7.68. The van der Waals surface area contributed by atoms with Crippen LogP contribution in [0, 0.1) is 0 Å². The van der Waals surface area contributed by atoms with Gasteiger partial charge in [-0.05, 0) is 0 Å². The van der Waals surface area contributed by atoms with Crippen molar-refractivity contribution in [1.82, 2.24) is 0 Å². The first-order valence-corrected chi connectivity index (χ1v) is 5.23. The van der Waals surface area contributed by atoms with Crippen molar-refractivity contribution < 1.29 is 115 Å². The predicted octanol–water partition coefficient (Wildman–Crippen LogP) is -10.9. The average molecular weight is 257 g/mol. The number of rotatable bonds is 3. The second kappa shape index (κ2) is 10.0. The molecule has 0 aromatic carbocycles. The molecular weight excluding hydrogens is 253 g/mol. The van der Waals surface area contributed by atoms with E-state index in [2.05, 4.69) is 0 Å². The minimum absolute atomic E-state index is 0. The van der Waals surface area contributed by atoms with Crippen molar-refractivity contribution in [1.29, 1.82) is 0 Å². The molecule has 0 N–H and O–H groups in total. The zero-order chi connectivity index (χ0) is 8.41. The van der Waals surface area contributed by atoms with Crippen molar-refractivity contribution >= 4 is 20.2 Å². The van der Waals surface area contributed by atoms with Gasteiger partial charge in [0.1, 0.15) is 0 Å². The van der Waals surface area contributed by atoms with Crippen molar-refractivity contribution in [2.24, 2.45) is 0 Å². The van der Waals surface area contributed by atoms with Gasteiger partial charge in [0.2, 0.25) is 0 Å². The second-order valence-corrected chi connectivity index (χ2v) is 4.57. The van der Waals surface area contributed by atoms with Gasteiger partial charge in [0.15, 0.2) is 0 Å². The fourth-order valence-electron chi connectivity index (χ4n) is 0.204. The van der Waals surface area contributed by atoms with Gasteiger partial charge in [0.25, 0.3) is 0 Å². The molecule has 0 saturated carbocycles. The molecule has 0 aromatic heterocycles. The minimum Gasteiger partial charge on any atom is -0.748 e. The third-order valence-electron chi connectivity index (χ3n) is 0.583. The first kappa shape index (κ1) is 24.9. The van der Waals surface area contributed by atoms with E-state index >= 15 is 0 Å². The van der Waals surface area contributed by atoms with Gasteiger partial charge in [-0.2, -0.15) is 0 Å². The molecule has 0 saturated heterocycles. The third kappa shape index (κ3) is 25.3. The van der Waals surface area contributed by atoms with E-state index in [1.807, 2.05) is 0 Å². The van der Waals surface area contributed by atoms with E-state index in [1.54, 1.807) is 0 Å². The smallest absolute Gasteiger partial charge is 0.748 e. The van der Waals surface area contributed by atoms with E-state index < -0.39 is 31.7 Å². The van der Waals surface area contributed by atoms with E-state index in [-0.39, 0.29) is 88.7 Å². The molecule has 11 heteroatoms. The molecule has 0 radical (unpaired) electrons. The quantitative estimate of drug-likeness (QED) is 0.366. The van der Waals surface area contributed by atoms with Gasteiger partial charge in [-0.25, -0.2) is 16.8 Å². The van der Waals surface area contributed by atoms with Crippen LogP contribution < -0.4 is 88.7 Å². The molecule has 0 aliphatic carbocycles. The van der Waals surface area contributed by atoms with Gasteiger partial charge in [-0.15, -0.1) is 0 Å². The summed E-state index contributed by atoms with van der Waals surface area (Å²) in [6.45, 7) is 0. The molecule has 0 aliphatic rings.